The molecule has 4 atom stereocenters. The van der Waals surface area contributed by atoms with Gasteiger partial charge in [0.05, 0.1) is 21.9 Å². The Bertz CT molecular complexity index is 329. The van der Waals surface area contributed by atoms with E-state index in [4.69, 9.17) is 71.5 Å². The summed E-state index contributed by atoms with van der Waals surface area (Å²) in [6, 6.07) is 0. The zero-order valence-corrected chi connectivity index (χ0v) is 12.7. The maximum absolute atomic E-state index is 9.90. The quantitative estimate of drug-likeness (QED) is 0.122. The van der Waals surface area contributed by atoms with Gasteiger partial charge in [-0.25, -0.2) is 0 Å². The van der Waals surface area contributed by atoms with Crippen LogP contribution in [0.2, 0.25) is 0 Å². The minimum absolute atomic E-state index is 0. The van der Waals surface area contributed by atoms with Crippen LogP contribution in [-0.2, 0) is 21.9 Å². The first-order valence-electron chi connectivity index (χ1n) is 4.97. The molecule has 18 nitrogen and oxygen atoms in total. The third kappa shape index (κ3) is 44.9. The number of rotatable bonds is 5. The minimum Gasteiger partial charge on any atom is -0.394 e. The minimum atomic E-state index is -1.79. The van der Waals surface area contributed by atoms with Crippen molar-refractivity contribution in [2.75, 3.05) is 6.61 Å². The third-order valence-electron chi connectivity index (χ3n) is 1.42. The summed E-state index contributed by atoms with van der Waals surface area (Å²) in [6.07, 6.45) is -6.84. The van der Waals surface area contributed by atoms with Crippen molar-refractivity contribution in [3.05, 3.63) is 46.0 Å². The molecule has 0 bridgehead atoms. The van der Waals surface area contributed by atoms with E-state index in [0.717, 1.165) is 0 Å². The molecule has 5 N–H and O–H groups in total. The van der Waals surface area contributed by atoms with Crippen LogP contribution in [0.4, 0.5) is 0 Å². The Morgan fingerprint density at radius 2 is 1.00 bits per heavy atom. The van der Waals surface area contributed by atoms with E-state index in [2.05, 4.69) is 0 Å². The van der Waals surface area contributed by atoms with Gasteiger partial charge in [0, 0.05) is 0 Å². The van der Waals surface area contributed by atoms with Crippen molar-refractivity contribution in [3.63, 3.8) is 0 Å². The van der Waals surface area contributed by atoms with Crippen molar-refractivity contribution >= 4 is 6.29 Å². The monoisotopic (exact) mass is 422 g/mol. The normalized spacial score (nSPS) is 13.0. The topological polar surface area (TPSA) is 317 Å². The van der Waals surface area contributed by atoms with Crippen LogP contribution in [0.25, 0.3) is 0 Å². The maximum atomic E-state index is 9.90. The summed E-state index contributed by atoms with van der Waals surface area (Å²) in [5, 5.41) is 87.8. The summed E-state index contributed by atoms with van der Waals surface area (Å²) in [7, 11) is 0. The van der Waals surface area contributed by atoms with Gasteiger partial charge < -0.3 is 76.3 Å². The molecule has 0 heterocycles. The SMILES string of the molecule is O=C[C@H](O)[C@@H](O)[C@H](O)[C@H](O)CO.O=[N+]([O-])[O-].O=[N+]([O-])[O-].O=[N+]([O-])[O-].[Fe+3]. The predicted octanol–water partition coefficient (Wildman–Crippen LogP) is -4.10. The molecule has 0 aliphatic heterocycles. The second-order valence-corrected chi connectivity index (χ2v) is 3.03. The molecule has 0 aliphatic carbocycles. The van der Waals surface area contributed by atoms with Crippen LogP contribution >= 0.6 is 0 Å². The second kappa shape index (κ2) is 21.6. The Morgan fingerprint density at radius 1 is 0.760 bits per heavy atom. The number of carbonyl (C=O) groups excluding carboxylic acids is 1. The fraction of sp³-hybridized carbons (Fsp3) is 0.833. The van der Waals surface area contributed by atoms with E-state index in [1.807, 2.05) is 0 Å². The first-order chi connectivity index (χ1) is 10.7. The van der Waals surface area contributed by atoms with Gasteiger partial charge in [0.25, 0.3) is 0 Å². The number of hydrogen-bond donors (Lipinski definition) is 5. The fourth-order valence-electron chi connectivity index (χ4n) is 0.618. The van der Waals surface area contributed by atoms with Gasteiger partial charge in [-0.15, -0.1) is 0 Å². The van der Waals surface area contributed by atoms with Crippen LogP contribution in [0.3, 0.4) is 0 Å². The molecule has 0 amide bonds. The van der Waals surface area contributed by atoms with E-state index < -0.39 is 46.3 Å². The van der Waals surface area contributed by atoms with Crippen LogP contribution < -0.4 is 0 Å². The number of aliphatic hydroxyl groups excluding tert-OH is 5. The first kappa shape index (κ1) is 34.0. The molecule has 0 aromatic carbocycles. The average molecular weight is 422 g/mol. The Morgan fingerprint density at radius 3 is 1.16 bits per heavy atom. The van der Waals surface area contributed by atoms with E-state index in [1.54, 1.807) is 0 Å². The summed E-state index contributed by atoms with van der Waals surface area (Å²) in [4.78, 5) is 34.6. The smallest absolute Gasteiger partial charge is 0.394 e. The van der Waals surface area contributed by atoms with Crippen LogP contribution in [0.1, 0.15) is 0 Å². The zero-order valence-electron chi connectivity index (χ0n) is 11.6. The Kier molecular flexibility index (Phi) is 29.4. The van der Waals surface area contributed by atoms with Crippen molar-refractivity contribution in [2.45, 2.75) is 24.4 Å². The van der Waals surface area contributed by atoms with Crippen LogP contribution in [0.5, 0.6) is 0 Å². The molecule has 0 aromatic heterocycles. The number of hydrogen-bond acceptors (Lipinski definition) is 15. The van der Waals surface area contributed by atoms with Gasteiger partial charge in [-0.2, -0.15) is 0 Å². The van der Waals surface area contributed by atoms with Crippen molar-refractivity contribution in [3.8, 4) is 0 Å². The molecule has 149 valence electrons. The van der Waals surface area contributed by atoms with E-state index in [-0.39, 0.29) is 23.4 Å². The summed E-state index contributed by atoms with van der Waals surface area (Å²) in [5.74, 6) is 0. The largest absolute Gasteiger partial charge is 3.00 e. The molecule has 19 heteroatoms. The van der Waals surface area contributed by atoms with Gasteiger partial charge in [-0.1, -0.05) is 0 Å². The van der Waals surface area contributed by atoms with Gasteiger partial charge >= 0.3 is 17.1 Å². The Hall–Kier alpha value is -2.41. The van der Waals surface area contributed by atoms with Crippen molar-refractivity contribution in [1.29, 1.82) is 0 Å². The zero-order chi connectivity index (χ0) is 20.5. The molecular weight excluding hydrogens is 410 g/mol. The van der Waals surface area contributed by atoms with E-state index in [1.165, 1.54) is 0 Å². The average Bonchev–Trinajstić information content (AvgIpc) is 2.42. The molecule has 0 rings (SSSR count). The van der Waals surface area contributed by atoms with Crippen molar-refractivity contribution < 1.29 is 62.7 Å². The Balaban J connectivity index is -0.0000000850. The van der Waals surface area contributed by atoms with Crippen molar-refractivity contribution in [1.82, 2.24) is 0 Å². The van der Waals surface area contributed by atoms with Crippen LogP contribution in [0.15, 0.2) is 0 Å². The van der Waals surface area contributed by atoms with Crippen LogP contribution in [-0.4, -0.2) is 78.1 Å². The van der Waals surface area contributed by atoms with E-state index in [9.17, 15) is 4.79 Å². The van der Waals surface area contributed by atoms with Gasteiger partial charge in [0.1, 0.15) is 24.4 Å². The molecule has 0 fully saturated rings. The molecule has 0 aromatic rings. The molecule has 1 radical (unpaired) electrons. The summed E-state index contributed by atoms with van der Waals surface area (Å²) in [5.41, 5.74) is 0. The van der Waals surface area contributed by atoms with Crippen molar-refractivity contribution in [2.24, 2.45) is 0 Å². The number of nitrogens with zero attached hydrogens (tertiary/aromatic N) is 3. The molecule has 0 unspecified atom stereocenters. The number of aliphatic hydroxyl groups is 5. The maximum Gasteiger partial charge on any atom is 3.00 e. The molecule has 0 saturated heterocycles. The van der Waals surface area contributed by atoms with Gasteiger partial charge in [0.2, 0.25) is 0 Å². The number of carbonyl (C=O) groups is 1. The van der Waals surface area contributed by atoms with E-state index >= 15 is 0 Å². The van der Waals surface area contributed by atoms with Gasteiger partial charge in [-0.05, 0) is 0 Å². The van der Waals surface area contributed by atoms with Gasteiger partial charge in [-0.3, -0.25) is 0 Å². The molecule has 25 heavy (non-hydrogen) atoms. The molecular formula is C6H12FeN3O15. The first-order valence-corrected chi connectivity index (χ1v) is 4.97. The Labute approximate surface area is 147 Å². The summed E-state index contributed by atoms with van der Waals surface area (Å²) < 4.78 is 0. The molecule has 0 spiro atoms. The molecule has 0 saturated carbocycles. The van der Waals surface area contributed by atoms with E-state index in [0.29, 0.717) is 0 Å². The summed E-state index contributed by atoms with van der Waals surface area (Å²) in [6.45, 7) is -0.760. The summed E-state index contributed by atoms with van der Waals surface area (Å²) >= 11 is 0. The molecule has 0 aliphatic rings. The second-order valence-electron chi connectivity index (χ2n) is 3.03. The number of aldehydes is 1. The van der Waals surface area contributed by atoms with Crippen LogP contribution in [0, 0.1) is 46.0 Å². The predicted molar refractivity (Wildman–Crippen MR) is 68.3 cm³/mol. The van der Waals surface area contributed by atoms with Gasteiger partial charge in [0.15, 0.2) is 6.29 Å². The fourth-order valence-corrected chi connectivity index (χ4v) is 0.618. The standard InChI is InChI=1S/C6H12O6.Fe.3NO3/c7-1-3(9)5(11)6(12)4(10)2-8;;3*2-1(3)4/h1,3-6,8-12H,2H2;;;;/q;+3;3*-1/t3-,4+,5+,6+;;;;/m0..../s1. The third-order valence-corrected chi connectivity index (χ3v) is 1.42.